The molecular formula is C30H26F2N2O2. The van der Waals surface area contributed by atoms with E-state index in [0.717, 1.165) is 11.1 Å². The maximum atomic E-state index is 13.8. The zero-order chi connectivity index (χ0) is 25.5. The van der Waals surface area contributed by atoms with Gasteiger partial charge in [0.1, 0.15) is 11.6 Å². The van der Waals surface area contributed by atoms with Crippen LogP contribution in [-0.4, -0.2) is 23.8 Å². The predicted molar refractivity (Wildman–Crippen MR) is 136 cm³/mol. The lowest BCUT2D eigenvalue weighted by Gasteiger charge is -2.24. The summed E-state index contributed by atoms with van der Waals surface area (Å²) in [6.07, 6.45) is 0.214. The molecule has 2 amide bonds. The molecule has 6 heteroatoms. The highest BCUT2D eigenvalue weighted by atomic mass is 19.1. The molecule has 0 bridgehead atoms. The quantitative estimate of drug-likeness (QED) is 0.307. The minimum absolute atomic E-state index is 0.0287. The first-order valence-electron chi connectivity index (χ1n) is 11.6. The van der Waals surface area contributed by atoms with Crippen molar-refractivity contribution in [1.29, 1.82) is 0 Å². The molecule has 4 nitrogen and oxygen atoms in total. The Morgan fingerprint density at radius 2 is 1.31 bits per heavy atom. The Hall–Kier alpha value is -4.32. The summed E-state index contributed by atoms with van der Waals surface area (Å²) >= 11 is 0. The van der Waals surface area contributed by atoms with Crippen LogP contribution in [0.4, 0.5) is 14.5 Å². The van der Waals surface area contributed by atoms with Gasteiger partial charge in [-0.1, -0.05) is 60.7 Å². The van der Waals surface area contributed by atoms with Crippen LogP contribution in [0.3, 0.4) is 0 Å². The monoisotopic (exact) mass is 484 g/mol. The Labute approximate surface area is 209 Å². The average Bonchev–Trinajstić information content (AvgIpc) is 2.88. The molecule has 0 aliphatic rings. The lowest BCUT2D eigenvalue weighted by atomic mass is 10.1. The third-order valence-electron chi connectivity index (χ3n) is 5.84. The fraction of sp³-hybridized carbons (Fsp3) is 0.133. The first kappa shape index (κ1) is 24.8. The van der Waals surface area contributed by atoms with Crippen LogP contribution in [0.15, 0.2) is 103 Å². The first-order chi connectivity index (χ1) is 17.4. The van der Waals surface area contributed by atoms with E-state index in [1.54, 1.807) is 54.4 Å². The minimum atomic E-state index is -0.514. The molecule has 4 rings (SSSR count). The number of likely N-dealkylation sites (N-methyl/N-ethyl adjacent to an activating group) is 1. The summed E-state index contributed by atoms with van der Waals surface area (Å²) in [5.74, 6) is -1.36. The van der Waals surface area contributed by atoms with Gasteiger partial charge in [-0.3, -0.25) is 9.59 Å². The summed E-state index contributed by atoms with van der Waals surface area (Å²) in [6, 6.07) is 28.3. The molecule has 182 valence electrons. The van der Waals surface area contributed by atoms with Gasteiger partial charge >= 0.3 is 0 Å². The Morgan fingerprint density at radius 1 is 0.667 bits per heavy atom. The highest BCUT2D eigenvalue weighted by molar-refractivity contribution is 6.06. The molecule has 0 atom stereocenters. The molecule has 0 unspecified atom stereocenters. The van der Waals surface area contributed by atoms with Crippen molar-refractivity contribution in [2.75, 3.05) is 11.9 Å². The molecule has 36 heavy (non-hydrogen) atoms. The van der Waals surface area contributed by atoms with Gasteiger partial charge in [-0.05, 0) is 59.2 Å². The van der Waals surface area contributed by atoms with Gasteiger partial charge < -0.3 is 9.80 Å². The van der Waals surface area contributed by atoms with Gasteiger partial charge in [0.15, 0.2) is 0 Å². The van der Waals surface area contributed by atoms with Gasteiger partial charge in [0.05, 0.1) is 13.0 Å². The summed E-state index contributed by atoms with van der Waals surface area (Å²) in [4.78, 5) is 29.2. The van der Waals surface area contributed by atoms with Gasteiger partial charge in [0, 0.05) is 24.8 Å². The number of benzene rings is 4. The number of carbonyl (C=O) groups is 2. The Kier molecular flexibility index (Phi) is 7.85. The minimum Gasteiger partial charge on any atom is -0.341 e. The van der Waals surface area contributed by atoms with Gasteiger partial charge in [-0.25, -0.2) is 8.78 Å². The van der Waals surface area contributed by atoms with Crippen LogP contribution in [0.25, 0.3) is 0 Å². The maximum absolute atomic E-state index is 13.8. The summed E-state index contributed by atoms with van der Waals surface area (Å²) in [5, 5.41) is 0. The average molecular weight is 485 g/mol. The number of anilines is 1. The fourth-order valence-corrected chi connectivity index (χ4v) is 3.92. The number of hydrogen-bond acceptors (Lipinski definition) is 2. The number of amides is 2. The van der Waals surface area contributed by atoms with E-state index in [0.29, 0.717) is 17.8 Å². The van der Waals surface area contributed by atoms with Crippen molar-refractivity contribution in [3.05, 3.63) is 137 Å². The van der Waals surface area contributed by atoms with E-state index in [1.165, 1.54) is 35.2 Å². The number of hydrogen-bond donors (Lipinski definition) is 0. The van der Waals surface area contributed by atoms with Crippen molar-refractivity contribution in [1.82, 2.24) is 4.90 Å². The second kappa shape index (κ2) is 11.4. The first-order valence-corrected chi connectivity index (χ1v) is 11.6. The van der Waals surface area contributed by atoms with Gasteiger partial charge in [0.2, 0.25) is 5.91 Å². The van der Waals surface area contributed by atoms with Gasteiger partial charge in [0.25, 0.3) is 5.91 Å². The van der Waals surface area contributed by atoms with Crippen LogP contribution in [0.2, 0.25) is 0 Å². The Morgan fingerprint density at radius 3 is 1.97 bits per heavy atom. The number of rotatable bonds is 8. The SMILES string of the molecule is CN(Cc1ccccc1)C(=O)Cc1ccc(N(Cc2cccc(F)c2)C(=O)c2cccc(F)c2)cc1. The standard InChI is InChI=1S/C30H26F2N2O2/c1-33(20-23-7-3-2-4-8-23)29(35)18-22-13-15-28(16-14-22)34(21-24-9-5-11-26(31)17-24)30(36)25-10-6-12-27(32)19-25/h2-17,19H,18,20-21H2,1H3. The van der Waals surface area contributed by atoms with E-state index in [2.05, 4.69) is 0 Å². The molecule has 0 fully saturated rings. The van der Waals surface area contributed by atoms with E-state index in [9.17, 15) is 18.4 Å². The van der Waals surface area contributed by atoms with Crippen LogP contribution in [-0.2, 0) is 24.3 Å². The summed E-state index contributed by atoms with van der Waals surface area (Å²) in [5.41, 5.74) is 3.19. The maximum Gasteiger partial charge on any atom is 0.258 e. The van der Waals surface area contributed by atoms with E-state index < -0.39 is 17.5 Å². The lowest BCUT2D eigenvalue weighted by molar-refractivity contribution is -0.129. The fourth-order valence-electron chi connectivity index (χ4n) is 3.92. The van der Waals surface area contributed by atoms with Crippen molar-refractivity contribution in [3.8, 4) is 0 Å². The molecule has 0 aromatic heterocycles. The third kappa shape index (κ3) is 6.42. The van der Waals surface area contributed by atoms with Crippen molar-refractivity contribution in [2.45, 2.75) is 19.5 Å². The van der Waals surface area contributed by atoms with E-state index in [4.69, 9.17) is 0 Å². The van der Waals surface area contributed by atoms with Crippen LogP contribution in [0, 0.1) is 11.6 Å². The lowest BCUT2D eigenvalue weighted by Crippen LogP contribution is -2.30. The zero-order valence-corrected chi connectivity index (χ0v) is 19.9. The zero-order valence-electron chi connectivity index (χ0n) is 19.9. The van der Waals surface area contributed by atoms with Crippen molar-refractivity contribution < 1.29 is 18.4 Å². The summed E-state index contributed by atoms with van der Waals surface area (Å²) in [6.45, 7) is 0.618. The molecule has 4 aromatic carbocycles. The van der Waals surface area contributed by atoms with Crippen molar-refractivity contribution in [3.63, 3.8) is 0 Å². The number of halogens is 2. The van der Waals surface area contributed by atoms with E-state index in [-0.39, 0.29) is 24.4 Å². The van der Waals surface area contributed by atoms with Crippen molar-refractivity contribution in [2.24, 2.45) is 0 Å². The van der Waals surface area contributed by atoms with E-state index >= 15 is 0 Å². The highest BCUT2D eigenvalue weighted by Crippen LogP contribution is 2.22. The van der Waals surface area contributed by atoms with E-state index in [1.807, 2.05) is 30.3 Å². The Bertz CT molecular complexity index is 1340. The molecule has 0 N–H and O–H groups in total. The smallest absolute Gasteiger partial charge is 0.258 e. The highest BCUT2D eigenvalue weighted by Gasteiger charge is 2.20. The van der Waals surface area contributed by atoms with Crippen molar-refractivity contribution >= 4 is 17.5 Å². The van der Waals surface area contributed by atoms with Crippen LogP contribution >= 0.6 is 0 Å². The summed E-state index contributed by atoms with van der Waals surface area (Å²) < 4.78 is 27.6. The number of carbonyl (C=O) groups excluding carboxylic acids is 2. The molecule has 0 saturated carbocycles. The van der Waals surface area contributed by atoms with Gasteiger partial charge in [-0.2, -0.15) is 0 Å². The normalized spacial score (nSPS) is 10.6. The topological polar surface area (TPSA) is 40.6 Å². The number of nitrogens with zero attached hydrogens (tertiary/aromatic N) is 2. The van der Waals surface area contributed by atoms with Gasteiger partial charge in [-0.15, -0.1) is 0 Å². The summed E-state index contributed by atoms with van der Waals surface area (Å²) in [7, 11) is 1.77. The molecule has 0 aliphatic carbocycles. The molecule has 0 saturated heterocycles. The molecule has 0 radical (unpaired) electrons. The molecule has 4 aromatic rings. The Balaban J connectivity index is 1.52. The van der Waals surface area contributed by atoms with Crippen LogP contribution < -0.4 is 4.90 Å². The second-order valence-electron chi connectivity index (χ2n) is 8.61. The molecule has 0 aliphatic heterocycles. The second-order valence-corrected chi connectivity index (χ2v) is 8.61. The third-order valence-corrected chi connectivity index (χ3v) is 5.84. The van der Waals surface area contributed by atoms with Crippen LogP contribution in [0.5, 0.6) is 0 Å². The largest absolute Gasteiger partial charge is 0.341 e. The van der Waals surface area contributed by atoms with Crippen LogP contribution in [0.1, 0.15) is 27.0 Å². The molecular weight excluding hydrogens is 458 g/mol. The molecule has 0 heterocycles. The molecule has 0 spiro atoms. The predicted octanol–water partition coefficient (Wildman–Crippen LogP) is 6.01.